The fraction of sp³-hybridized carbons (Fsp3) is 0.875. The molecular weight excluding hydrogens is 126 g/mol. The summed E-state index contributed by atoms with van der Waals surface area (Å²) in [5.74, 6) is 1.01. The fourth-order valence-electron chi connectivity index (χ4n) is 1.73. The van der Waals surface area contributed by atoms with Gasteiger partial charge >= 0.3 is 0 Å². The highest BCUT2D eigenvalue weighted by molar-refractivity contribution is 5.81. The molecular formula is C8H15NO. The highest BCUT2D eigenvalue weighted by atomic mass is 16.1. The van der Waals surface area contributed by atoms with E-state index in [2.05, 4.69) is 11.8 Å². The zero-order valence-electron chi connectivity index (χ0n) is 6.92. The minimum absolute atomic E-state index is 0.204. The van der Waals surface area contributed by atoms with Crippen molar-refractivity contribution in [1.29, 1.82) is 0 Å². The van der Waals surface area contributed by atoms with E-state index in [4.69, 9.17) is 0 Å². The smallest absolute Gasteiger partial charge is 0.146 e. The third kappa shape index (κ3) is 1.37. The average Bonchev–Trinajstić information content (AvgIpc) is 2.10. The standard InChI is InChI=1S/C8H15NO/c1-6-4-8(7(2)10)9(3)5-6/h6,8H,4-5H2,1-3H3/t6-,8?/m0/s1. The Morgan fingerprint density at radius 2 is 2.20 bits per heavy atom. The fourth-order valence-corrected chi connectivity index (χ4v) is 1.73. The average molecular weight is 141 g/mol. The van der Waals surface area contributed by atoms with Crippen LogP contribution in [0.4, 0.5) is 0 Å². The molecule has 0 radical (unpaired) electrons. The van der Waals surface area contributed by atoms with Crippen molar-refractivity contribution in [3.63, 3.8) is 0 Å². The van der Waals surface area contributed by atoms with Crippen molar-refractivity contribution >= 4 is 5.78 Å². The molecule has 58 valence electrons. The van der Waals surface area contributed by atoms with Crippen LogP contribution in [0.3, 0.4) is 0 Å². The summed E-state index contributed by atoms with van der Waals surface area (Å²) in [5, 5.41) is 0. The van der Waals surface area contributed by atoms with Gasteiger partial charge in [-0.25, -0.2) is 0 Å². The maximum atomic E-state index is 11.0. The van der Waals surface area contributed by atoms with Gasteiger partial charge < -0.3 is 0 Å². The van der Waals surface area contributed by atoms with Gasteiger partial charge in [-0.3, -0.25) is 9.69 Å². The van der Waals surface area contributed by atoms with Gasteiger partial charge in [0.05, 0.1) is 6.04 Å². The van der Waals surface area contributed by atoms with Crippen LogP contribution in [0, 0.1) is 5.92 Å². The molecule has 1 fully saturated rings. The molecule has 0 amide bonds. The highest BCUT2D eigenvalue weighted by Crippen LogP contribution is 2.20. The van der Waals surface area contributed by atoms with Crippen LogP contribution in [-0.4, -0.2) is 30.3 Å². The van der Waals surface area contributed by atoms with E-state index in [0.717, 1.165) is 13.0 Å². The first kappa shape index (κ1) is 7.73. The van der Waals surface area contributed by atoms with E-state index < -0.39 is 0 Å². The molecule has 0 aromatic heterocycles. The van der Waals surface area contributed by atoms with Crippen LogP contribution in [0.25, 0.3) is 0 Å². The van der Waals surface area contributed by atoms with Gasteiger partial charge in [-0.2, -0.15) is 0 Å². The van der Waals surface area contributed by atoms with Crippen molar-refractivity contribution in [2.24, 2.45) is 5.92 Å². The molecule has 0 saturated carbocycles. The zero-order chi connectivity index (χ0) is 7.72. The Bertz CT molecular complexity index is 144. The van der Waals surface area contributed by atoms with Gasteiger partial charge in [0.1, 0.15) is 5.78 Å². The Hall–Kier alpha value is -0.370. The Morgan fingerprint density at radius 3 is 2.40 bits per heavy atom. The van der Waals surface area contributed by atoms with Crippen molar-refractivity contribution in [3.05, 3.63) is 0 Å². The zero-order valence-corrected chi connectivity index (χ0v) is 6.92. The number of rotatable bonds is 1. The first-order valence-corrected chi connectivity index (χ1v) is 3.82. The maximum absolute atomic E-state index is 11.0. The van der Waals surface area contributed by atoms with Crippen molar-refractivity contribution < 1.29 is 4.79 Å². The monoisotopic (exact) mass is 141 g/mol. The molecule has 1 aliphatic rings. The number of carbonyl (C=O) groups excluding carboxylic acids is 1. The van der Waals surface area contributed by atoms with Gasteiger partial charge in [-0.05, 0) is 26.3 Å². The molecule has 0 aromatic rings. The summed E-state index contributed by atoms with van der Waals surface area (Å²) in [7, 11) is 2.02. The van der Waals surface area contributed by atoms with E-state index in [0.29, 0.717) is 11.7 Å². The molecule has 2 atom stereocenters. The van der Waals surface area contributed by atoms with E-state index in [1.807, 2.05) is 7.05 Å². The second-order valence-corrected chi connectivity index (χ2v) is 3.41. The molecule has 2 heteroatoms. The lowest BCUT2D eigenvalue weighted by Crippen LogP contribution is -2.30. The van der Waals surface area contributed by atoms with Crippen molar-refractivity contribution in [2.75, 3.05) is 13.6 Å². The first-order valence-electron chi connectivity index (χ1n) is 3.82. The summed E-state index contributed by atoms with van der Waals surface area (Å²) >= 11 is 0. The molecule has 1 rings (SSSR count). The number of Topliss-reactive ketones (excluding diaryl/α,β-unsaturated/α-hetero) is 1. The Morgan fingerprint density at radius 1 is 1.60 bits per heavy atom. The lowest BCUT2D eigenvalue weighted by atomic mass is 10.1. The molecule has 0 aliphatic carbocycles. The van der Waals surface area contributed by atoms with Crippen LogP contribution >= 0.6 is 0 Å². The predicted octanol–water partition coefficient (Wildman–Crippen LogP) is 0.916. The molecule has 1 unspecified atom stereocenters. The van der Waals surface area contributed by atoms with E-state index in [9.17, 15) is 4.79 Å². The predicted molar refractivity (Wildman–Crippen MR) is 40.9 cm³/mol. The van der Waals surface area contributed by atoms with Gasteiger partial charge in [0.2, 0.25) is 0 Å². The van der Waals surface area contributed by atoms with Crippen LogP contribution < -0.4 is 0 Å². The van der Waals surface area contributed by atoms with Crippen LogP contribution in [0.2, 0.25) is 0 Å². The van der Waals surface area contributed by atoms with Crippen LogP contribution in [0.1, 0.15) is 20.3 Å². The lowest BCUT2D eigenvalue weighted by Gasteiger charge is -2.14. The molecule has 1 heterocycles. The Balaban J connectivity index is 2.54. The second-order valence-electron chi connectivity index (χ2n) is 3.41. The number of likely N-dealkylation sites (N-methyl/N-ethyl adjacent to an activating group) is 1. The summed E-state index contributed by atoms with van der Waals surface area (Å²) in [5.41, 5.74) is 0. The van der Waals surface area contributed by atoms with Gasteiger partial charge in [0.15, 0.2) is 0 Å². The van der Waals surface area contributed by atoms with Gasteiger partial charge in [-0.15, -0.1) is 0 Å². The van der Waals surface area contributed by atoms with Gasteiger partial charge in [0.25, 0.3) is 0 Å². The molecule has 0 bridgehead atoms. The molecule has 10 heavy (non-hydrogen) atoms. The minimum atomic E-state index is 0.204. The summed E-state index contributed by atoms with van der Waals surface area (Å²) in [6, 6.07) is 0.204. The van der Waals surface area contributed by atoms with Crippen LogP contribution in [0.15, 0.2) is 0 Å². The summed E-state index contributed by atoms with van der Waals surface area (Å²) in [6.45, 7) is 4.95. The van der Waals surface area contributed by atoms with Gasteiger partial charge in [0, 0.05) is 6.54 Å². The number of hydrogen-bond acceptors (Lipinski definition) is 2. The third-order valence-corrected chi connectivity index (χ3v) is 2.23. The first-order chi connectivity index (χ1) is 4.61. The Labute approximate surface area is 62.2 Å². The summed E-state index contributed by atoms with van der Waals surface area (Å²) < 4.78 is 0. The van der Waals surface area contributed by atoms with E-state index in [1.165, 1.54) is 0 Å². The van der Waals surface area contributed by atoms with Crippen LogP contribution in [0.5, 0.6) is 0 Å². The van der Waals surface area contributed by atoms with E-state index in [1.54, 1.807) is 6.92 Å². The molecule has 0 spiro atoms. The minimum Gasteiger partial charge on any atom is -0.298 e. The quantitative estimate of drug-likeness (QED) is 0.541. The molecule has 0 N–H and O–H groups in total. The van der Waals surface area contributed by atoms with Crippen molar-refractivity contribution in [2.45, 2.75) is 26.3 Å². The van der Waals surface area contributed by atoms with Crippen molar-refractivity contribution in [3.8, 4) is 0 Å². The topological polar surface area (TPSA) is 20.3 Å². The van der Waals surface area contributed by atoms with Crippen molar-refractivity contribution in [1.82, 2.24) is 4.90 Å². The highest BCUT2D eigenvalue weighted by Gasteiger charge is 2.29. The SMILES string of the molecule is CC(=O)C1C[C@H](C)CN1C. The largest absolute Gasteiger partial charge is 0.298 e. The van der Waals surface area contributed by atoms with E-state index >= 15 is 0 Å². The van der Waals surface area contributed by atoms with Gasteiger partial charge in [-0.1, -0.05) is 6.92 Å². The lowest BCUT2D eigenvalue weighted by molar-refractivity contribution is -0.120. The number of nitrogens with zero attached hydrogens (tertiary/aromatic N) is 1. The summed E-state index contributed by atoms with van der Waals surface area (Å²) in [4.78, 5) is 13.1. The number of ketones is 1. The number of carbonyl (C=O) groups is 1. The maximum Gasteiger partial charge on any atom is 0.146 e. The molecule has 1 aliphatic heterocycles. The summed E-state index contributed by atoms with van der Waals surface area (Å²) in [6.07, 6.45) is 1.05. The Kier molecular flexibility index (Phi) is 2.09. The molecule has 0 aromatic carbocycles. The number of hydrogen-bond donors (Lipinski definition) is 0. The molecule has 2 nitrogen and oxygen atoms in total. The molecule has 1 saturated heterocycles. The second kappa shape index (κ2) is 2.70. The third-order valence-electron chi connectivity index (χ3n) is 2.23. The number of likely N-dealkylation sites (tertiary alicyclic amines) is 1. The van der Waals surface area contributed by atoms with Crippen LogP contribution in [-0.2, 0) is 4.79 Å². The normalized spacial score (nSPS) is 34.7. The van der Waals surface area contributed by atoms with E-state index in [-0.39, 0.29) is 6.04 Å².